The van der Waals surface area contributed by atoms with Crippen LogP contribution in [-0.2, 0) is 27.0 Å². The smallest absolute Gasteiger partial charge is 0.250 e. The number of para-hydroxylation sites is 2. The highest BCUT2D eigenvalue weighted by molar-refractivity contribution is 6.18. The van der Waals surface area contributed by atoms with Gasteiger partial charge in [0.2, 0.25) is 11.8 Å². The van der Waals surface area contributed by atoms with Crippen molar-refractivity contribution in [3.05, 3.63) is 131 Å². The van der Waals surface area contributed by atoms with E-state index in [-0.39, 0.29) is 17.6 Å². The molecular formula is C32H25N3O3. The van der Waals surface area contributed by atoms with E-state index in [1.165, 1.54) is 0 Å². The van der Waals surface area contributed by atoms with E-state index >= 15 is 0 Å². The van der Waals surface area contributed by atoms with E-state index in [4.69, 9.17) is 0 Å². The van der Waals surface area contributed by atoms with Gasteiger partial charge in [0.05, 0.1) is 5.92 Å². The summed E-state index contributed by atoms with van der Waals surface area (Å²) in [6.07, 6.45) is 0.457. The minimum absolute atomic E-state index is 0.243. The Bertz CT molecular complexity index is 1600. The number of fused-ring (bicyclic) bond motifs is 4. The van der Waals surface area contributed by atoms with Gasteiger partial charge in [-0.3, -0.25) is 19.7 Å². The Balaban J connectivity index is 1.54. The van der Waals surface area contributed by atoms with E-state index in [0.717, 1.165) is 11.1 Å². The molecule has 3 heterocycles. The molecule has 0 bridgehead atoms. The Morgan fingerprint density at radius 2 is 1.21 bits per heavy atom. The largest absolute Gasteiger partial charge is 0.325 e. The molecule has 1 fully saturated rings. The first-order valence-electron chi connectivity index (χ1n) is 12.8. The zero-order chi connectivity index (χ0) is 25.9. The van der Waals surface area contributed by atoms with Crippen LogP contribution in [0, 0.1) is 5.92 Å². The lowest BCUT2D eigenvalue weighted by Crippen LogP contribution is -2.54. The molecule has 4 aromatic rings. The molecule has 0 aromatic heterocycles. The summed E-state index contributed by atoms with van der Waals surface area (Å²) in [6, 6.07) is 33.3. The molecule has 3 aliphatic heterocycles. The summed E-state index contributed by atoms with van der Waals surface area (Å²) in [5.74, 6) is -1.86. The normalized spacial score (nSPS) is 26.7. The maximum Gasteiger partial charge on any atom is 0.250 e. The Labute approximate surface area is 220 Å². The molecule has 4 atom stereocenters. The van der Waals surface area contributed by atoms with Crippen molar-refractivity contribution in [2.24, 2.45) is 5.92 Å². The van der Waals surface area contributed by atoms with Crippen molar-refractivity contribution in [3.63, 3.8) is 0 Å². The van der Waals surface area contributed by atoms with Gasteiger partial charge in [-0.1, -0.05) is 97.1 Å². The maximum atomic E-state index is 14.7. The third kappa shape index (κ3) is 2.89. The van der Waals surface area contributed by atoms with Crippen LogP contribution in [0.2, 0.25) is 0 Å². The van der Waals surface area contributed by atoms with Crippen LogP contribution in [0.1, 0.15) is 27.0 Å². The Hall–Kier alpha value is -4.55. The molecule has 38 heavy (non-hydrogen) atoms. The third-order valence-corrected chi connectivity index (χ3v) is 8.40. The predicted molar refractivity (Wildman–Crippen MR) is 145 cm³/mol. The fourth-order valence-corrected chi connectivity index (χ4v) is 6.89. The zero-order valence-corrected chi connectivity index (χ0v) is 20.5. The molecule has 7 rings (SSSR count). The number of benzene rings is 4. The van der Waals surface area contributed by atoms with Crippen LogP contribution in [0.15, 0.2) is 109 Å². The number of rotatable bonds is 4. The number of Topliss-reactive ketones (excluding diaryl/α,β-unsaturated/α-hetero) is 1. The highest BCUT2D eigenvalue weighted by Crippen LogP contribution is 2.60. The molecule has 4 aromatic carbocycles. The van der Waals surface area contributed by atoms with Crippen molar-refractivity contribution in [1.82, 2.24) is 5.32 Å². The van der Waals surface area contributed by atoms with Crippen LogP contribution in [-0.4, -0.2) is 23.6 Å². The van der Waals surface area contributed by atoms with Crippen molar-refractivity contribution in [2.75, 3.05) is 10.6 Å². The molecule has 0 aliphatic carbocycles. The number of carbonyl (C=O) groups is 3. The van der Waals surface area contributed by atoms with Crippen LogP contribution in [0.4, 0.5) is 11.4 Å². The summed E-state index contributed by atoms with van der Waals surface area (Å²) in [5, 5.41) is 9.71. The van der Waals surface area contributed by atoms with Gasteiger partial charge in [-0.25, -0.2) is 0 Å². The summed E-state index contributed by atoms with van der Waals surface area (Å²) < 4.78 is 0. The molecule has 0 unspecified atom stereocenters. The molecule has 3 aliphatic rings. The minimum atomic E-state index is -1.43. The SMILES string of the molecule is O=C(c1ccccc1)[C@H]1[C@]2(C(=O)Nc3ccccc32)[C@H](Cc2ccccc2)N[C@@]12C(=O)Nc1ccccc12. The van der Waals surface area contributed by atoms with Gasteiger partial charge in [-0.2, -0.15) is 0 Å². The van der Waals surface area contributed by atoms with Crippen LogP contribution in [0.25, 0.3) is 0 Å². The first-order chi connectivity index (χ1) is 18.6. The van der Waals surface area contributed by atoms with Gasteiger partial charge < -0.3 is 10.6 Å². The first kappa shape index (κ1) is 22.6. The third-order valence-electron chi connectivity index (χ3n) is 8.40. The lowest BCUT2D eigenvalue weighted by Gasteiger charge is -2.36. The monoisotopic (exact) mass is 499 g/mol. The van der Waals surface area contributed by atoms with Gasteiger partial charge in [-0.05, 0) is 29.7 Å². The Morgan fingerprint density at radius 3 is 1.92 bits per heavy atom. The van der Waals surface area contributed by atoms with Gasteiger partial charge in [0.1, 0.15) is 11.0 Å². The Morgan fingerprint density at radius 1 is 0.658 bits per heavy atom. The first-order valence-corrected chi connectivity index (χ1v) is 12.8. The summed E-state index contributed by atoms with van der Waals surface area (Å²) in [6.45, 7) is 0. The van der Waals surface area contributed by atoms with Crippen molar-refractivity contribution in [3.8, 4) is 0 Å². The van der Waals surface area contributed by atoms with Gasteiger partial charge >= 0.3 is 0 Å². The summed E-state index contributed by atoms with van der Waals surface area (Å²) >= 11 is 0. The quantitative estimate of drug-likeness (QED) is 0.363. The van der Waals surface area contributed by atoms with Gasteiger partial charge in [-0.15, -0.1) is 0 Å². The van der Waals surface area contributed by atoms with Crippen LogP contribution < -0.4 is 16.0 Å². The van der Waals surface area contributed by atoms with Gasteiger partial charge in [0, 0.05) is 28.5 Å². The molecule has 186 valence electrons. The molecule has 6 nitrogen and oxygen atoms in total. The number of carbonyl (C=O) groups excluding carboxylic acids is 3. The lowest BCUT2D eigenvalue weighted by molar-refractivity contribution is -0.124. The van der Waals surface area contributed by atoms with Crippen molar-refractivity contribution in [2.45, 2.75) is 23.4 Å². The van der Waals surface area contributed by atoms with Crippen molar-refractivity contribution < 1.29 is 14.4 Å². The molecule has 6 heteroatoms. The van der Waals surface area contributed by atoms with E-state index in [1.54, 1.807) is 12.1 Å². The fraction of sp³-hybridized carbons (Fsp3) is 0.156. The summed E-state index contributed by atoms with van der Waals surface area (Å²) in [5.41, 5.74) is 1.47. The Kier molecular flexibility index (Phi) is 4.90. The van der Waals surface area contributed by atoms with Crippen LogP contribution in [0.5, 0.6) is 0 Å². The molecule has 2 spiro atoms. The number of nitrogens with one attached hydrogen (secondary N) is 3. The van der Waals surface area contributed by atoms with E-state index in [9.17, 15) is 14.4 Å². The minimum Gasteiger partial charge on any atom is -0.325 e. The summed E-state index contributed by atoms with van der Waals surface area (Å²) in [7, 11) is 0. The molecule has 2 amide bonds. The number of hydrogen-bond donors (Lipinski definition) is 3. The van der Waals surface area contributed by atoms with Crippen LogP contribution >= 0.6 is 0 Å². The van der Waals surface area contributed by atoms with Crippen molar-refractivity contribution in [1.29, 1.82) is 0 Å². The second kappa shape index (κ2) is 8.23. The second-order valence-corrected chi connectivity index (χ2v) is 10.2. The van der Waals surface area contributed by atoms with E-state index in [1.807, 2.05) is 97.1 Å². The summed E-state index contributed by atoms with van der Waals surface area (Å²) in [4.78, 5) is 43.1. The van der Waals surface area contributed by atoms with E-state index in [2.05, 4.69) is 16.0 Å². The average molecular weight is 500 g/mol. The number of hydrogen-bond acceptors (Lipinski definition) is 4. The number of ketones is 1. The fourth-order valence-electron chi connectivity index (χ4n) is 6.89. The molecular weight excluding hydrogens is 474 g/mol. The average Bonchev–Trinajstić information content (AvgIpc) is 3.53. The van der Waals surface area contributed by atoms with Gasteiger partial charge in [0.15, 0.2) is 5.78 Å². The second-order valence-electron chi connectivity index (χ2n) is 10.2. The molecule has 0 radical (unpaired) electrons. The van der Waals surface area contributed by atoms with E-state index < -0.39 is 22.9 Å². The highest BCUT2D eigenvalue weighted by Gasteiger charge is 2.74. The zero-order valence-electron chi connectivity index (χ0n) is 20.5. The molecule has 0 saturated carbocycles. The number of anilines is 2. The van der Waals surface area contributed by atoms with Crippen molar-refractivity contribution >= 4 is 29.0 Å². The predicted octanol–water partition coefficient (Wildman–Crippen LogP) is 4.44. The standard InChI is InChI=1S/C32H25N3O3/c36-27(21-13-5-2-6-14-21)28-31(22-15-7-9-17-24(22)33-29(31)37)26(19-20-11-3-1-4-12-20)35-32(28)23-16-8-10-18-25(23)34-30(32)38/h1-18,26,28,35H,19H2,(H,33,37)(H,34,38)/t26-,28-,31+,32+/m0/s1. The van der Waals surface area contributed by atoms with E-state index in [0.29, 0.717) is 28.9 Å². The maximum absolute atomic E-state index is 14.7. The van der Waals surface area contributed by atoms with Gasteiger partial charge in [0.25, 0.3) is 0 Å². The van der Waals surface area contributed by atoms with Crippen LogP contribution in [0.3, 0.4) is 0 Å². The number of amides is 2. The highest BCUT2D eigenvalue weighted by atomic mass is 16.2. The molecule has 1 saturated heterocycles. The lowest BCUT2D eigenvalue weighted by atomic mass is 9.60. The molecule has 3 N–H and O–H groups in total. The topological polar surface area (TPSA) is 87.3 Å².